The number of aliphatic hydroxyl groups is 3. The first-order valence-corrected chi connectivity index (χ1v) is 25.0. The van der Waals surface area contributed by atoms with Gasteiger partial charge in [-0.3, -0.25) is 9.97 Å². The number of nitrogens with one attached hydrogen (secondary N) is 2. The van der Waals surface area contributed by atoms with E-state index < -0.39 is 88.0 Å². The zero-order valence-electron chi connectivity index (χ0n) is 41.8. The molecule has 79 heavy (non-hydrogen) atoms. The Morgan fingerprint density at radius 2 is 1.10 bits per heavy atom. The molecule has 0 radical (unpaired) electrons. The van der Waals surface area contributed by atoms with Crippen molar-refractivity contribution in [2.24, 2.45) is 0 Å². The first-order chi connectivity index (χ1) is 37.6. The first kappa shape index (κ1) is 57.2. The number of benzene rings is 4. The third-order valence-corrected chi connectivity index (χ3v) is 13.6. The van der Waals surface area contributed by atoms with Crippen molar-refractivity contribution in [3.05, 3.63) is 184 Å². The van der Waals surface area contributed by atoms with Gasteiger partial charge >= 0.3 is 17.9 Å². The Morgan fingerprint density at radius 3 is 1.49 bits per heavy atom. The highest BCUT2D eigenvalue weighted by molar-refractivity contribution is 9.10. The number of alkyl halides is 4. The van der Waals surface area contributed by atoms with Gasteiger partial charge in [-0.1, -0.05) is 25.1 Å². The number of carbonyl (C=O) groups excluding carboxylic acids is 1. The van der Waals surface area contributed by atoms with Gasteiger partial charge < -0.3 is 35.8 Å². The summed E-state index contributed by atoms with van der Waals surface area (Å²) in [5.41, 5.74) is -5.72. The molecule has 0 unspecified atom stereocenters. The van der Waals surface area contributed by atoms with Crippen molar-refractivity contribution in [1.82, 2.24) is 55.7 Å². The maximum Gasteiger partial charge on any atom is 0.323 e. The van der Waals surface area contributed by atoms with Gasteiger partial charge in [0.25, 0.3) is 0 Å². The molecule has 4 aromatic carbocycles. The number of aliphatic hydroxyl groups excluding tert-OH is 1. The molecule has 0 spiro atoms. The largest absolute Gasteiger partial charge is 0.391 e. The molecule has 9 rings (SSSR count). The summed E-state index contributed by atoms with van der Waals surface area (Å²) in [4.78, 5) is 24.4. The SMILES string of the molecule is CC[C@H](NC(=O)Nc1ccc(N2CCN(c3ccc(-c4ccc(C(F)(F)[C@](O)(Cn5cnnn5)c5ccc(F)cc5F)nc4)cc3)CC2)cc1)[C@H](C)O.O[C@@](Cn1cnnn1)(c1ccc(F)cc1F)C(F)(F)c1ccc(Br)cn1. The average Bonchev–Trinajstić information content (AvgIpc) is 4.18. The molecule has 5 heterocycles. The molecule has 5 N–H and O–H groups in total. The Kier molecular flexibility index (Phi) is 17.3. The lowest BCUT2D eigenvalue weighted by Crippen LogP contribution is -2.48. The molecule has 1 aliphatic heterocycles. The number of nitrogens with zero attached hydrogens (tertiary/aromatic N) is 12. The van der Waals surface area contributed by atoms with Gasteiger partial charge in [-0.05, 0) is 135 Å². The highest BCUT2D eigenvalue weighted by Crippen LogP contribution is 2.48. The zero-order chi connectivity index (χ0) is 56.7. The van der Waals surface area contributed by atoms with Crippen LogP contribution >= 0.6 is 15.9 Å². The van der Waals surface area contributed by atoms with E-state index in [1.165, 1.54) is 18.3 Å². The van der Waals surface area contributed by atoms with E-state index in [-0.39, 0.29) is 12.1 Å². The summed E-state index contributed by atoms with van der Waals surface area (Å²) in [6.07, 6.45) is 4.30. The van der Waals surface area contributed by atoms with Gasteiger partial charge in [-0.25, -0.2) is 31.7 Å². The number of aromatic nitrogens is 10. The topological polar surface area (TPSA) is 221 Å². The summed E-state index contributed by atoms with van der Waals surface area (Å²) in [6, 6.07) is 23.2. The fraction of sp³-hybridized carbons (Fsp3) is 0.288. The molecule has 2 amide bonds. The molecular weight excluding hydrogens is 1120 g/mol. The smallest absolute Gasteiger partial charge is 0.323 e. The minimum Gasteiger partial charge on any atom is -0.391 e. The van der Waals surface area contributed by atoms with Crippen molar-refractivity contribution in [1.29, 1.82) is 0 Å². The second kappa shape index (κ2) is 23.9. The van der Waals surface area contributed by atoms with E-state index in [9.17, 15) is 37.7 Å². The molecule has 27 heteroatoms. The van der Waals surface area contributed by atoms with Gasteiger partial charge in [-0.15, -0.1) is 10.2 Å². The number of piperazine rings is 1. The summed E-state index contributed by atoms with van der Waals surface area (Å²) in [5, 5.41) is 58.0. The van der Waals surface area contributed by atoms with Crippen molar-refractivity contribution in [3.8, 4) is 11.1 Å². The van der Waals surface area contributed by atoms with Crippen LogP contribution in [-0.2, 0) is 36.1 Å². The Labute approximate surface area is 453 Å². The second-order valence-corrected chi connectivity index (χ2v) is 19.3. The van der Waals surface area contributed by atoms with Crippen LogP contribution in [0.2, 0.25) is 0 Å². The summed E-state index contributed by atoms with van der Waals surface area (Å²) >= 11 is 3.07. The Morgan fingerprint density at radius 1 is 0.646 bits per heavy atom. The fourth-order valence-corrected chi connectivity index (χ4v) is 9.04. The van der Waals surface area contributed by atoms with Gasteiger partial charge in [0, 0.05) is 88.9 Å². The van der Waals surface area contributed by atoms with Crippen molar-refractivity contribution in [2.75, 3.05) is 41.3 Å². The van der Waals surface area contributed by atoms with Crippen LogP contribution < -0.4 is 20.4 Å². The molecule has 1 aliphatic rings. The number of pyridine rings is 2. The second-order valence-electron chi connectivity index (χ2n) is 18.3. The van der Waals surface area contributed by atoms with Crippen molar-refractivity contribution >= 4 is 39.0 Å². The maximum atomic E-state index is 16.1. The molecule has 0 saturated carbocycles. The molecule has 414 valence electrons. The Hall–Kier alpha value is -8.01. The monoisotopic (exact) mass is 1160 g/mol. The van der Waals surface area contributed by atoms with Crippen molar-refractivity contribution in [2.45, 2.75) is 68.6 Å². The first-order valence-electron chi connectivity index (χ1n) is 24.2. The third kappa shape index (κ3) is 12.6. The quantitative estimate of drug-likeness (QED) is 0.0544. The molecular formula is C52H49BrF8N14O4. The number of halogens is 9. The Balaban J connectivity index is 0.000000264. The van der Waals surface area contributed by atoms with Crippen LogP contribution in [0.1, 0.15) is 42.8 Å². The number of carbonyl (C=O) groups is 1. The van der Waals surface area contributed by atoms with E-state index in [0.717, 1.165) is 108 Å². The highest BCUT2D eigenvalue weighted by atomic mass is 79.9. The van der Waals surface area contributed by atoms with E-state index in [2.05, 4.69) is 77.4 Å². The van der Waals surface area contributed by atoms with Crippen LogP contribution in [-0.4, -0.2) is 110 Å². The summed E-state index contributed by atoms with van der Waals surface area (Å²) in [6.45, 7) is 4.75. The van der Waals surface area contributed by atoms with Gasteiger partial charge in [-0.2, -0.15) is 17.6 Å². The minimum absolute atomic E-state index is 0.332. The van der Waals surface area contributed by atoms with Gasteiger partial charge in [0.15, 0.2) is 11.2 Å². The van der Waals surface area contributed by atoms with E-state index in [1.54, 1.807) is 6.92 Å². The van der Waals surface area contributed by atoms with Gasteiger partial charge in [0.1, 0.15) is 47.3 Å². The predicted molar refractivity (Wildman–Crippen MR) is 274 cm³/mol. The lowest BCUT2D eigenvalue weighted by molar-refractivity contribution is -0.207. The summed E-state index contributed by atoms with van der Waals surface area (Å²) in [5.74, 6) is -12.9. The molecule has 0 bridgehead atoms. The molecule has 8 aromatic rings. The van der Waals surface area contributed by atoms with E-state index in [0.29, 0.717) is 34.3 Å². The number of urea groups is 1. The highest BCUT2D eigenvalue weighted by Gasteiger charge is 2.59. The van der Waals surface area contributed by atoms with Gasteiger partial charge in [0.2, 0.25) is 0 Å². The number of hydrogen-bond acceptors (Lipinski definition) is 14. The molecule has 18 nitrogen and oxygen atoms in total. The van der Waals surface area contributed by atoms with E-state index >= 15 is 17.6 Å². The number of anilines is 3. The summed E-state index contributed by atoms with van der Waals surface area (Å²) < 4.78 is 121. The number of rotatable bonds is 17. The minimum atomic E-state index is -4.16. The average molecular weight is 1170 g/mol. The Bertz CT molecular complexity index is 3290. The molecule has 0 aliphatic carbocycles. The fourth-order valence-electron chi connectivity index (χ4n) is 8.81. The van der Waals surface area contributed by atoms with Crippen LogP contribution in [0.5, 0.6) is 0 Å². The number of tetrazole rings is 2. The number of amides is 2. The van der Waals surface area contributed by atoms with Crippen molar-refractivity contribution < 1.29 is 55.2 Å². The molecule has 4 atom stereocenters. The van der Waals surface area contributed by atoms with Crippen LogP contribution in [0, 0.1) is 23.3 Å². The third-order valence-electron chi connectivity index (χ3n) is 13.2. The van der Waals surface area contributed by atoms with Crippen molar-refractivity contribution in [3.63, 3.8) is 0 Å². The van der Waals surface area contributed by atoms with Crippen LogP contribution in [0.4, 0.5) is 57.0 Å². The lowest BCUT2D eigenvalue weighted by atomic mass is 9.84. The zero-order valence-corrected chi connectivity index (χ0v) is 43.4. The van der Waals surface area contributed by atoms with E-state index in [1.807, 2.05) is 55.5 Å². The van der Waals surface area contributed by atoms with Crippen LogP contribution in [0.25, 0.3) is 11.1 Å². The van der Waals surface area contributed by atoms with Crippen LogP contribution in [0.3, 0.4) is 0 Å². The van der Waals surface area contributed by atoms with Gasteiger partial charge in [0.05, 0.1) is 25.2 Å². The number of hydrogen-bond donors (Lipinski definition) is 5. The van der Waals surface area contributed by atoms with Crippen LogP contribution in [0.15, 0.2) is 139 Å². The van der Waals surface area contributed by atoms with E-state index in [4.69, 9.17) is 0 Å². The molecule has 1 saturated heterocycles. The summed E-state index contributed by atoms with van der Waals surface area (Å²) in [7, 11) is 0. The standard InChI is InChI=1S/C37H39F4N9O3.C15H10BrF4N5O/c1-3-33(24(2)51)45-35(52)44-28-8-12-30(13-9-28)49-18-16-48(17-19-49)29-10-4-25(5-11-29)26-6-15-34(42-21-26)37(40,41)36(53,22-50-23-43-46-47-50)31-14-7-27(38)20-32(31)39;16-9-1-4-13(21-6-9)15(19,20)14(26,7-25-8-22-23-24-25)11-3-2-10(17)5-12(11)18/h4-15,20-21,23-24,33,51,53H,3,16-19,22H2,1-2H3,(H2,44,45,52);1-6,8,26H,7H2/t24-,33-,36-;14-/m00/s1. The molecule has 4 aromatic heterocycles. The lowest BCUT2D eigenvalue weighted by Gasteiger charge is -2.37. The molecule has 1 fully saturated rings. The maximum absolute atomic E-state index is 16.1. The predicted octanol–water partition coefficient (Wildman–Crippen LogP) is 8.09. The normalized spacial score (nSPS) is 15.3.